The molecule has 2 aliphatic rings. The Morgan fingerprint density at radius 3 is 2.71 bits per heavy atom. The van der Waals surface area contributed by atoms with Gasteiger partial charge in [-0.05, 0) is 24.8 Å². The lowest BCUT2D eigenvalue weighted by atomic mass is 10.0. The molecule has 1 amide bonds. The highest BCUT2D eigenvalue weighted by molar-refractivity contribution is 7.98. The molecule has 1 saturated heterocycles. The van der Waals surface area contributed by atoms with Gasteiger partial charge in [-0.15, -0.1) is 0 Å². The van der Waals surface area contributed by atoms with Gasteiger partial charge in [0.25, 0.3) is 0 Å². The smallest absolute Gasteiger partial charge is 0.419 e. The maximum atomic E-state index is 13.8. The molecule has 1 aromatic heterocycles. The number of carboxylic acid groups (broad SMARTS) is 1. The number of amides is 1. The predicted octanol–water partition coefficient (Wildman–Crippen LogP) is 4.52. The molecular formula is C22H22ClF3N6O2S. The van der Waals surface area contributed by atoms with Crippen LogP contribution < -0.4 is 9.80 Å². The molecule has 1 atom stereocenters. The van der Waals surface area contributed by atoms with Crippen molar-refractivity contribution in [3.8, 4) is 6.07 Å². The molecule has 0 aliphatic carbocycles. The molecule has 1 aromatic carbocycles. The van der Waals surface area contributed by atoms with Gasteiger partial charge in [-0.3, -0.25) is 0 Å². The highest BCUT2D eigenvalue weighted by atomic mass is 35.5. The quantitative estimate of drug-likeness (QED) is 0.459. The van der Waals surface area contributed by atoms with E-state index in [-0.39, 0.29) is 30.2 Å². The average molecular weight is 527 g/mol. The summed E-state index contributed by atoms with van der Waals surface area (Å²) in [4.78, 5) is 25.7. The maximum Gasteiger partial charge on any atom is 0.419 e. The van der Waals surface area contributed by atoms with Crippen LogP contribution in [0.5, 0.6) is 0 Å². The zero-order chi connectivity index (χ0) is 25.3. The number of fused-ring (bicyclic) bond motifs is 1. The van der Waals surface area contributed by atoms with Gasteiger partial charge in [0.05, 0.1) is 47.0 Å². The molecule has 0 radical (unpaired) electrons. The summed E-state index contributed by atoms with van der Waals surface area (Å²) in [7, 11) is 0. The number of nitrogens with zero attached hydrogens (tertiary/aromatic N) is 6. The maximum absolute atomic E-state index is 13.8. The van der Waals surface area contributed by atoms with E-state index < -0.39 is 23.9 Å². The normalized spacial score (nSPS) is 18.3. The topological polar surface area (TPSA) is 96.6 Å². The lowest BCUT2D eigenvalue weighted by molar-refractivity contribution is -0.137. The van der Waals surface area contributed by atoms with Gasteiger partial charge in [-0.1, -0.05) is 29.4 Å². The van der Waals surface area contributed by atoms with Gasteiger partial charge in [-0.25, -0.2) is 14.8 Å². The third kappa shape index (κ3) is 5.06. The fraction of sp³-hybridized carbons (Fsp3) is 0.455. The van der Waals surface area contributed by atoms with Crippen LogP contribution in [-0.2, 0) is 19.1 Å². The van der Waals surface area contributed by atoms with Crippen molar-refractivity contribution in [3.63, 3.8) is 0 Å². The number of carbonyl (C=O) groups is 1. The molecule has 35 heavy (non-hydrogen) atoms. The summed E-state index contributed by atoms with van der Waals surface area (Å²) >= 11 is 7.25. The average Bonchev–Trinajstić information content (AvgIpc) is 2.82. The Morgan fingerprint density at radius 2 is 2.06 bits per heavy atom. The summed E-state index contributed by atoms with van der Waals surface area (Å²) in [6.07, 6.45) is -3.41. The van der Waals surface area contributed by atoms with Crippen molar-refractivity contribution in [2.45, 2.75) is 36.8 Å². The van der Waals surface area contributed by atoms with Crippen molar-refractivity contribution in [1.29, 1.82) is 5.26 Å². The molecule has 2 aliphatic heterocycles. The first kappa shape index (κ1) is 25.2. The predicted molar refractivity (Wildman–Crippen MR) is 126 cm³/mol. The molecule has 186 valence electrons. The summed E-state index contributed by atoms with van der Waals surface area (Å²) in [6, 6.07) is 5.68. The monoisotopic (exact) mass is 526 g/mol. The number of anilines is 2. The molecule has 0 unspecified atom stereocenters. The number of piperazine rings is 1. The zero-order valence-corrected chi connectivity index (χ0v) is 20.3. The molecular weight excluding hydrogens is 505 g/mol. The zero-order valence-electron chi connectivity index (χ0n) is 18.7. The van der Waals surface area contributed by atoms with E-state index in [0.29, 0.717) is 42.7 Å². The van der Waals surface area contributed by atoms with Crippen molar-refractivity contribution >= 4 is 41.0 Å². The van der Waals surface area contributed by atoms with E-state index in [1.54, 1.807) is 4.90 Å². The van der Waals surface area contributed by atoms with E-state index in [9.17, 15) is 28.3 Å². The molecule has 0 spiro atoms. The summed E-state index contributed by atoms with van der Waals surface area (Å²) in [5, 5.41) is 18.8. The van der Waals surface area contributed by atoms with Crippen LogP contribution in [0.3, 0.4) is 0 Å². The number of halogens is 4. The number of benzene rings is 1. The summed E-state index contributed by atoms with van der Waals surface area (Å²) < 4.78 is 41.3. The first-order valence-corrected chi connectivity index (χ1v) is 12.4. The molecule has 13 heteroatoms. The minimum atomic E-state index is -4.60. The van der Waals surface area contributed by atoms with Gasteiger partial charge in [0.1, 0.15) is 5.82 Å². The minimum absolute atomic E-state index is 0.00525. The number of hydrogen-bond donors (Lipinski definition) is 1. The number of thioether (sulfide) groups is 1. The lowest BCUT2D eigenvalue weighted by Crippen LogP contribution is -2.55. The Morgan fingerprint density at radius 1 is 1.29 bits per heavy atom. The summed E-state index contributed by atoms with van der Waals surface area (Å²) in [6.45, 7) is 1.37. The second-order valence-electron chi connectivity index (χ2n) is 8.20. The lowest BCUT2D eigenvalue weighted by Gasteiger charge is -2.41. The van der Waals surface area contributed by atoms with E-state index in [4.69, 9.17) is 11.6 Å². The van der Waals surface area contributed by atoms with Crippen LogP contribution in [0.25, 0.3) is 0 Å². The number of hydrogen-bond acceptors (Lipinski definition) is 7. The Balaban J connectivity index is 1.68. The third-order valence-electron chi connectivity index (χ3n) is 6.18. The van der Waals surface area contributed by atoms with Crippen LogP contribution in [0, 0.1) is 11.3 Å². The van der Waals surface area contributed by atoms with Crippen LogP contribution in [0.1, 0.15) is 23.2 Å². The number of nitriles is 1. The number of aromatic nitrogens is 2. The fourth-order valence-electron chi connectivity index (χ4n) is 4.58. The van der Waals surface area contributed by atoms with Crippen LogP contribution in [-0.4, -0.2) is 64.5 Å². The second kappa shape index (κ2) is 9.99. The van der Waals surface area contributed by atoms with Crippen molar-refractivity contribution in [2.24, 2.45) is 0 Å². The third-order valence-corrected chi connectivity index (χ3v) is 7.04. The SMILES string of the molecule is CSc1nc2c(c(N3CCN(C(=O)O)[C@@H](CC#N)C3)n1)CCN(c1cccc(Cl)c1C(F)(F)F)C2. The van der Waals surface area contributed by atoms with Crippen LogP contribution >= 0.6 is 23.4 Å². The van der Waals surface area contributed by atoms with Gasteiger partial charge in [0, 0.05) is 31.7 Å². The van der Waals surface area contributed by atoms with Crippen molar-refractivity contribution in [3.05, 3.63) is 40.0 Å². The Hall–Kier alpha value is -2.91. The van der Waals surface area contributed by atoms with Gasteiger partial charge >= 0.3 is 12.3 Å². The number of alkyl halides is 3. The van der Waals surface area contributed by atoms with Crippen molar-refractivity contribution in [2.75, 3.05) is 42.2 Å². The highest BCUT2D eigenvalue weighted by Crippen LogP contribution is 2.42. The van der Waals surface area contributed by atoms with Crippen molar-refractivity contribution < 1.29 is 23.1 Å². The minimum Gasteiger partial charge on any atom is -0.465 e. The standard InChI is InChI=1S/C22H22ClF3N6O2S/c1-35-20-28-16-12-30(17-4-2-3-15(23)18(17)22(24,25)26)8-6-14(16)19(29-20)31-9-10-32(21(33)34)13(11-31)5-7-27/h2-4,13H,5-6,8-12H2,1H3,(H,33,34)/t13-/m0/s1. The Labute approximate surface area is 209 Å². The molecule has 1 fully saturated rings. The van der Waals surface area contributed by atoms with Gasteiger partial charge in [-0.2, -0.15) is 18.4 Å². The van der Waals surface area contributed by atoms with Gasteiger partial charge in [0.2, 0.25) is 0 Å². The van der Waals surface area contributed by atoms with Crippen LogP contribution in [0.2, 0.25) is 5.02 Å². The first-order chi connectivity index (χ1) is 16.6. The molecule has 1 N–H and O–H groups in total. The summed E-state index contributed by atoms with van der Waals surface area (Å²) in [5.41, 5.74) is 0.588. The highest BCUT2D eigenvalue weighted by Gasteiger charge is 2.39. The Bertz CT molecular complexity index is 1180. The van der Waals surface area contributed by atoms with E-state index in [0.717, 1.165) is 5.56 Å². The first-order valence-electron chi connectivity index (χ1n) is 10.8. The second-order valence-corrected chi connectivity index (χ2v) is 9.38. The molecule has 2 aromatic rings. The van der Waals surface area contributed by atoms with E-state index in [2.05, 4.69) is 9.97 Å². The van der Waals surface area contributed by atoms with E-state index in [1.807, 2.05) is 17.2 Å². The molecule has 0 saturated carbocycles. The number of rotatable bonds is 4. The molecule has 3 heterocycles. The molecule has 0 bridgehead atoms. The van der Waals surface area contributed by atoms with Crippen LogP contribution in [0.4, 0.5) is 29.5 Å². The largest absolute Gasteiger partial charge is 0.465 e. The fourth-order valence-corrected chi connectivity index (χ4v) is 5.24. The molecule has 4 rings (SSSR count). The van der Waals surface area contributed by atoms with Gasteiger partial charge < -0.3 is 19.8 Å². The van der Waals surface area contributed by atoms with E-state index in [1.165, 1.54) is 34.9 Å². The van der Waals surface area contributed by atoms with Gasteiger partial charge in [0.15, 0.2) is 5.16 Å². The summed E-state index contributed by atoms with van der Waals surface area (Å²) in [5.74, 6) is 0.647. The Kier molecular flexibility index (Phi) is 7.19. The van der Waals surface area contributed by atoms with Crippen molar-refractivity contribution in [1.82, 2.24) is 14.9 Å². The molecule has 8 nitrogen and oxygen atoms in total. The van der Waals surface area contributed by atoms with Crippen LogP contribution in [0.15, 0.2) is 23.4 Å². The van der Waals surface area contributed by atoms with E-state index >= 15 is 0 Å².